The topological polar surface area (TPSA) is 49.0 Å². The molecule has 3 nitrogen and oxygen atoms in total. The Morgan fingerprint density at radius 2 is 2.29 bits per heavy atom. The predicted molar refractivity (Wildman–Crippen MR) is 66.2 cm³/mol. The predicted octanol–water partition coefficient (Wildman–Crippen LogP) is 3.07. The number of nitrogens with zero attached hydrogens (tertiary/aromatic N) is 1. The van der Waals surface area contributed by atoms with E-state index in [-0.39, 0.29) is 0 Å². The Morgan fingerprint density at radius 3 is 2.88 bits per heavy atom. The minimum atomic E-state index is 0.396. The molecule has 1 aliphatic rings. The number of hydrogen-bond acceptors (Lipinski definition) is 3. The van der Waals surface area contributed by atoms with Crippen molar-refractivity contribution in [3.05, 3.63) is 23.7 Å². The second kappa shape index (κ2) is 5.37. The van der Waals surface area contributed by atoms with Crippen molar-refractivity contribution in [2.45, 2.75) is 45.7 Å². The summed E-state index contributed by atoms with van der Waals surface area (Å²) in [5.74, 6) is 2.85. The molecule has 3 atom stereocenters. The summed E-state index contributed by atoms with van der Waals surface area (Å²) in [5, 5.41) is 12.2. The van der Waals surface area contributed by atoms with Gasteiger partial charge in [0.1, 0.15) is 11.8 Å². The van der Waals surface area contributed by atoms with Gasteiger partial charge in [-0.1, -0.05) is 20.3 Å². The highest BCUT2D eigenvalue weighted by molar-refractivity contribution is 5.19. The lowest BCUT2D eigenvalue weighted by Gasteiger charge is -2.20. The fourth-order valence-corrected chi connectivity index (χ4v) is 2.88. The van der Waals surface area contributed by atoms with E-state index in [1.54, 1.807) is 6.07 Å². The minimum Gasteiger partial charge on any atom is -0.449 e. The SMILES string of the molecule is CCC1CCC(NCc2ccc(C#N)o2)C1C. The lowest BCUT2D eigenvalue weighted by Crippen LogP contribution is -2.32. The van der Waals surface area contributed by atoms with Crippen molar-refractivity contribution in [3.63, 3.8) is 0 Å². The van der Waals surface area contributed by atoms with E-state index < -0.39 is 0 Å². The third-order valence-electron chi connectivity index (χ3n) is 4.06. The molecular weight excluding hydrogens is 212 g/mol. The van der Waals surface area contributed by atoms with Gasteiger partial charge in [0.25, 0.3) is 0 Å². The van der Waals surface area contributed by atoms with Crippen LogP contribution >= 0.6 is 0 Å². The van der Waals surface area contributed by atoms with Gasteiger partial charge in [0.15, 0.2) is 0 Å². The quantitative estimate of drug-likeness (QED) is 0.868. The molecule has 0 radical (unpaired) electrons. The van der Waals surface area contributed by atoms with Crippen molar-refractivity contribution in [3.8, 4) is 6.07 Å². The van der Waals surface area contributed by atoms with Crippen LogP contribution in [0.4, 0.5) is 0 Å². The molecule has 1 aliphatic carbocycles. The maximum absolute atomic E-state index is 8.68. The summed E-state index contributed by atoms with van der Waals surface area (Å²) in [7, 11) is 0. The lowest BCUT2D eigenvalue weighted by atomic mass is 9.93. The van der Waals surface area contributed by atoms with Gasteiger partial charge in [-0.3, -0.25) is 0 Å². The molecule has 0 spiro atoms. The van der Waals surface area contributed by atoms with Crippen LogP contribution in [-0.4, -0.2) is 6.04 Å². The van der Waals surface area contributed by atoms with Crippen LogP contribution in [0.3, 0.4) is 0 Å². The number of rotatable bonds is 4. The highest BCUT2D eigenvalue weighted by atomic mass is 16.3. The van der Waals surface area contributed by atoms with Crippen molar-refractivity contribution in [2.24, 2.45) is 11.8 Å². The van der Waals surface area contributed by atoms with E-state index in [9.17, 15) is 0 Å². The molecule has 1 fully saturated rings. The summed E-state index contributed by atoms with van der Waals surface area (Å²) in [6.45, 7) is 5.34. The average Bonchev–Trinajstić information content (AvgIpc) is 2.93. The summed E-state index contributed by atoms with van der Waals surface area (Å²) < 4.78 is 5.36. The molecule has 0 aliphatic heterocycles. The van der Waals surface area contributed by atoms with Crippen LogP contribution in [0.2, 0.25) is 0 Å². The van der Waals surface area contributed by atoms with E-state index in [1.165, 1.54) is 19.3 Å². The van der Waals surface area contributed by atoms with Crippen molar-refractivity contribution in [1.29, 1.82) is 5.26 Å². The second-order valence-electron chi connectivity index (χ2n) is 4.97. The molecule has 0 aromatic carbocycles. The first-order valence-electron chi connectivity index (χ1n) is 6.46. The maximum atomic E-state index is 8.68. The van der Waals surface area contributed by atoms with Crippen molar-refractivity contribution in [2.75, 3.05) is 0 Å². The van der Waals surface area contributed by atoms with E-state index in [4.69, 9.17) is 9.68 Å². The highest BCUT2D eigenvalue weighted by Gasteiger charge is 2.30. The molecule has 0 amide bonds. The van der Waals surface area contributed by atoms with Gasteiger partial charge in [0, 0.05) is 6.04 Å². The molecule has 1 heterocycles. The molecule has 92 valence electrons. The summed E-state index contributed by atoms with van der Waals surface area (Å²) >= 11 is 0. The first kappa shape index (κ1) is 12.2. The van der Waals surface area contributed by atoms with Crippen LogP contribution in [0, 0.1) is 23.2 Å². The van der Waals surface area contributed by atoms with Crippen LogP contribution in [0.5, 0.6) is 0 Å². The number of nitriles is 1. The Labute approximate surface area is 103 Å². The maximum Gasteiger partial charge on any atom is 0.203 e. The summed E-state index contributed by atoms with van der Waals surface area (Å²) in [4.78, 5) is 0. The highest BCUT2D eigenvalue weighted by Crippen LogP contribution is 2.33. The molecule has 3 heteroatoms. The fraction of sp³-hybridized carbons (Fsp3) is 0.643. The Balaban J connectivity index is 1.85. The average molecular weight is 232 g/mol. The molecule has 17 heavy (non-hydrogen) atoms. The largest absolute Gasteiger partial charge is 0.449 e. The molecule has 2 rings (SSSR count). The van der Waals surface area contributed by atoms with E-state index in [2.05, 4.69) is 19.2 Å². The van der Waals surface area contributed by atoms with Gasteiger partial charge in [0.05, 0.1) is 6.54 Å². The third kappa shape index (κ3) is 2.70. The van der Waals surface area contributed by atoms with E-state index >= 15 is 0 Å². The van der Waals surface area contributed by atoms with Gasteiger partial charge < -0.3 is 9.73 Å². The molecule has 1 aromatic heterocycles. The Morgan fingerprint density at radius 1 is 1.47 bits per heavy atom. The fourth-order valence-electron chi connectivity index (χ4n) is 2.88. The van der Waals surface area contributed by atoms with Crippen LogP contribution < -0.4 is 5.32 Å². The molecule has 0 saturated heterocycles. The first-order chi connectivity index (χ1) is 8.24. The number of furan rings is 1. The smallest absolute Gasteiger partial charge is 0.203 e. The zero-order valence-corrected chi connectivity index (χ0v) is 10.6. The second-order valence-corrected chi connectivity index (χ2v) is 4.97. The monoisotopic (exact) mass is 232 g/mol. The molecule has 1 aromatic rings. The van der Waals surface area contributed by atoms with Gasteiger partial charge >= 0.3 is 0 Å². The zero-order valence-electron chi connectivity index (χ0n) is 10.6. The molecule has 1 N–H and O–H groups in total. The van der Waals surface area contributed by atoms with E-state index in [1.807, 2.05) is 12.1 Å². The Kier molecular flexibility index (Phi) is 3.86. The van der Waals surface area contributed by atoms with Gasteiger partial charge in [-0.25, -0.2) is 0 Å². The third-order valence-corrected chi connectivity index (χ3v) is 4.06. The summed E-state index contributed by atoms with van der Waals surface area (Å²) in [5.41, 5.74) is 0. The van der Waals surface area contributed by atoms with Crippen molar-refractivity contribution in [1.82, 2.24) is 5.32 Å². The standard InChI is InChI=1S/C14H20N2O/c1-3-11-4-7-14(10(11)2)16-9-13-6-5-12(8-15)17-13/h5-6,10-11,14,16H,3-4,7,9H2,1-2H3. The molecular formula is C14H20N2O. The number of nitrogens with one attached hydrogen (secondary N) is 1. The Hall–Kier alpha value is -1.27. The van der Waals surface area contributed by atoms with Crippen LogP contribution in [0.1, 0.15) is 44.6 Å². The van der Waals surface area contributed by atoms with E-state index in [0.29, 0.717) is 11.8 Å². The van der Waals surface area contributed by atoms with Gasteiger partial charge in [-0.2, -0.15) is 5.26 Å². The Bertz CT molecular complexity index is 405. The minimum absolute atomic E-state index is 0.396. The van der Waals surface area contributed by atoms with Crippen LogP contribution in [0.15, 0.2) is 16.5 Å². The van der Waals surface area contributed by atoms with Crippen LogP contribution in [0.25, 0.3) is 0 Å². The lowest BCUT2D eigenvalue weighted by molar-refractivity contribution is 0.335. The van der Waals surface area contributed by atoms with Gasteiger partial charge in [-0.15, -0.1) is 0 Å². The first-order valence-corrected chi connectivity index (χ1v) is 6.46. The number of hydrogen-bond donors (Lipinski definition) is 1. The molecule has 1 saturated carbocycles. The van der Waals surface area contributed by atoms with Gasteiger partial charge in [-0.05, 0) is 36.8 Å². The van der Waals surface area contributed by atoms with Gasteiger partial charge in [0.2, 0.25) is 5.76 Å². The molecule has 0 bridgehead atoms. The van der Waals surface area contributed by atoms with Crippen molar-refractivity contribution < 1.29 is 4.42 Å². The normalized spacial score (nSPS) is 28.2. The van der Waals surface area contributed by atoms with Crippen LogP contribution in [-0.2, 0) is 6.54 Å². The van der Waals surface area contributed by atoms with Crippen molar-refractivity contribution >= 4 is 0 Å². The zero-order chi connectivity index (χ0) is 12.3. The summed E-state index contributed by atoms with van der Waals surface area (Å²) in [6.07, 6.45) is 3.86. The molecule has 3 unspecified atom stereocenters. The summed E-state index contributed by atoms with van der Waals surface area (Å²) in [6, 6.07) is 6.20. The van der Waals surface area contributed by atoms with E-state index in [0.717, 1.165) is 24.1 Å².